The molecule has 0 unspecified atom stereocenters. The molecule has 5 nitrogen and oxygen atoms in total. The molecule has 0 saturated heterocycles. The van der Waals surface area contributed by atoms with Crippen LogP contribution in [0, 0.1) is 27.7 Å². The van der Waals surface area contributed by atoms with Crippen molar-refractivity contribution in [3.8, 4) is 5.69 Å². The van der Waals surface area contributed by atoms with Gasteiger partial charge < -0.3 is 9.13 Å². The molecule has 4 rings (SSSR count). The third-order valence-corrected chi connectivity index (χ3v) is 6.25. The molecule has 0 radical (unpaired) electrons. The van der Waals surface area contributed by atoms with Crippen LogP contribution in [0.2, 0.25) is 0 Å². The minimum Gasteiger partial charge on any atom is -0.318 e. The lowest BCUT2D eigenvalue weighted by Crippen LogP contribution is -2.07. The number of ketones is 1. The van der Waals surface area contributed by atoms with Crippen LogP contribution in [-0.4, -0.2) is 30.9 Å². The van der Waals surface area contributed by atoms with Gasteiger partial charge in [-0.1, -0.05) is 17.8 Å². The molecule has 1 aliphatic carbocycles. The van der Waals surface area contributed by atoms with Gasteiger partial charge in [0.15, 0.2) is 10.9 Å². The van der Waals surface area contributed by atoms with E-state index in [2.05, 4.69) is 58.3 Å². The van der Waals surface area contributed by atoms with E-state index >= 15 is 0 Å². The Labute approximate surface area is 163 Å². The average Bonchev–Trinajstić information content (AvgIpc) is 3.30. The predicted octanol–water partition coefficient (Wildman–Crippen LogP) is 4.61. The highest BCUT2D eigenvalue weighted by atomic mass is 32.2. The molecular formula is C21H24N4OS. The fourth-order valence-electron chi connectivity index (χ4n) is 3.45. The molecule has 0 N–H and O–H groups in total. The van der Waals surface area contributed by atoms with E-state index in [1.54, 1.807) is 6.33 Å². The number of nitrogens with zero attached hydrogens (tertiary/aromatic N) is 4. The summed E-state index contributed by atoms with van der Waals surface area (Å²) in [6, 6.07) is 8.94. The van der Waals surface area contributed by atoms with Gasteiger partial charge in [-0.15, -0.1) is 10.2 Å². The topological polar surface area (TPSA) is 52.7 Å². The van der Waals surface area contributed by atoms with Crippen molar-refractivity contribution in [1.82, 2.24) is 19.3 Å². The summed E-state index contributed by atoms with van der Waals surface area (Å²) in [7, 11) is 0. The van der Waals surface area contributed by atoms with Crippen molar-refractivity contribution < 1.29 is 4.79 Å². The zero-order valence-corrected chi connectivity index (χ0v) is 17.0. The number of rotatable bonds is 6. The molecule has 1 aromatic carbocycles. The summed E-state index contributed by atoms with van der Waals surface area (Å²) >= 11 is 1.48. The van der Waals surface area contributed by atoms with E-state index in [1.807, 2.05) is 13.0 Å². The van der Waals surface area contributed by atoms with E-state index in [4.69, 9.17) is 0 Å². The Kier molecular flexibility index (Phi) is 4.68. The number of benzene rings is 1. The van der Waals surface area contributed by atoms with Crippen LogP contribution in [0.5, 0.6) is 0 Å². The Balaban J connectivity index is 1.56. The lowest BCUT2D eigenvalue weighted by atomic mass is 10.1. The zero-order chi connectivity index (χ0) is 19.1. The average molecular weight is 381 g/mol. The van der Waals surface area contributed by atoms with Gasteiger partial charge in [-0.3, -0.25) is 4.79 Å². The molecule has 0 amide bonds. The number of hydrogen-bond donors (Lipinski definition) is 0. The van der Waals surface area contributed by atoms with E-state index in [1.165, 1.54) is 35.7 Å². The van der Waals surface area contributed by atoms with Crippen LogP contribution in [0.25, 0.3) is 5.69 Å². The first-order valence-electron chi connectivity index (χ1n) is 9.27. The number of aromatic nitrogens is 4. The van der Waals surface area contributed by atoms with Crippen molar-refractivity contribution in [3.05, 3.63) is 58.7 Å². The van der Waals surface area contributed by atoms with Gasteiger partial charge in [0.2, 0.25) is 0 Å². The summed E-state index contributed by atoms with van der Waals surface area (Å²) in [4.78, 5) is 12.9. The molecule has 27 heavy (non-hydrogen) atoms. The third-order valence-electron chi connectivity index (χ3n) is 5.29. The number of hydrogen-bond acceptors (Lipinski definition) is 4. The highest BCUT2D eigenvalue weighted by molar-refractivity contribution is 7.99. The summed E-state index contributed by atoms with van der Waals surface area (Å²) in [5.74, 6) is 0.511. The Morgan fingerprint density at radius 1 is 1.15 bits per heavy atom. The number of carbonyl (C=O) groups excluding carboxylic acids is 1. The molecule has 6 heteroatoms. The fourth-order valence-corrected chi connectivity index (χ4v) is 4.32. The highest BCUT2D eigenvalue weighted by Gasteiger charge is 2.26. The van der Waals surface area contributed by atoms with Crippen molar-refractivity contribution in [3.63, 3.8) is 0 Å². The standard InChI is InChI=1S/C21H24N4OS/c1-13-5-6-18(9-14(13)2)25-15(3)10-19(16(25)4)20(26)11-27-21-23-22-12-24(21)17-7-8-17/h5-6,9-10,12,17H,7-8,11H2,1-4H3. The minimum atomic E-state index is 0.133. The third kappa shape index (κ3) is 3.46. The molecule has 1 saturated carbocycles. The van der Waals surface area contributed by atoms with Crippen LogP contribution >= 0.6 is 11.8 Å². The lowest BCUT2D eigenvalue weighted by molar-refractivity contribution is 0.102. The Bertz CT molecular complexity index is 1010. The molecule has 0 atom stereocenters. The van der Waals surface area contributed by atoms with Crippen molar-refractivity contribution in [2.75, 3.05) is 5.75 Å². The first-order chi connectivity index (χ1) is 13.0. The summed E-state index contributed by atoms with van der Waals surface area (Å²) < 4.78 is 4.26. The molecule has 1 fully saturated rings. The van der Waals surface area contributed by atoms with Crippen LogP contribution in [0.15, 0.2) is 35.7 Å². The highest BCUT2D eigenvalue weighted by Crippen LogP contribution is 2.37. The monoisotopic (exact) mass is 380 g/mol. The first-order valence-corrected chi connectivity index (χ1v) is 10.3. The van der Waals surface area contributed by atoms with Gasteiger partial charge in [0.05, 0.1) is 5.75 Å². The number of Topliss-reactive ketones (excluding diaryl/α,β-unsaturated/α-hetero) is 1. The maximum absolute atomic E-state index is 12.9. The molecule has 140 valence electrons. The van der Waals surface area contributed by atoms with E-state index in [-0.39, 0.29) is 5.78 Å². The lowest BCUT2D eigenvalue weighted by Gasteiger charge is -2.12. The molecule has 0 bridgehead atoms. The van der Waals surface area contributed by atoms with Crippen molar-refractivity contribution in [2.45, 2.75) is 51.7 Å². The Morgan fingerprint density at radius 3 is 2.63 bits per heavy atom. The Hall–Kier alpha value is -2.34. The van der Waals surface area contributed by atoms with E-state index in [0.717, 1.165) is 27.8 Å². The fraction of sp³-hybridized carbons (Fsp3) is 0.381. The van der Waals surface area contributed by atoms with Crippen molar-refractivity contribution in [1.29, 1.82) is 0 Å². The van der Waals surface area contributed by atoms with Crippen LogP contribution < -0.4 is 0 Å². The van der Waals surface area contributed by atoms with Gasteiger partial charge in [0, 0.05) is 28.7 Å². The number of carbonyl (C=O) groups is 1. The number of aryl methyl sites for hydroxylation is 3. The summed E-state index contributed by atoms with van der Waals surface area (Å²) in [6.07, 6.45) is 4.13. The maximum Gasteiger partial charge on any atom is 0.191 e. The molecule has 3 aromatic rings. The quantitative estimate of drug-likeness (QED) is 0.463. The number of thioether (sulfide) groups is 1. The molecule has 1 aliphatic rings. The SMILES string of the molecule is Cc1ccc(-n2c(C)cc(C(=O)CSc3nncn3C3CC3)c2C)cc1C. The van der Waals surface area contributed by atoms with Gasteiger partial charge in [0.25, 0.3) is 0 Å². The Morgan fingerprint density at radius 2 is 1.93 bits per heavy atom. The van der Waals surface area contributed by atoms with Crippen molar-refractivity contribution in [2.24, 2.45) is 0 Å². The summed E-state index contributed by atoms with van der Waals surface area (Å²) in [6.45, 7) is 8.30. The second-order valence-corrected chi connectivity index (χ2v) is 8.30. The van der Waals surface area contributed by atoms with Gasteiger partial charge in [-0.2, -0.15) is 0 Å². The minimum absolute atomic E-state index is 0.133. The molecule has 0 spiro atoms. The van der Waals surface area contributed by atoms with Crippen LogP contribution in [0.3, 0.4) is 0 Å². The van der Waals surface area contributed by atoms with Gasteiger partial charge in [-0.05, 0) is 69.9 Å². The van der Waals surface area contributed by atoms with Crippen LogP contribution in [0.4, 0.5) is 0 Å². The largest absolute Gasteiger partial charge is 0.318 e. The van der Waals surface area contributed by atoms with Gasteiger partial charge in [0.1, 0.15) is 6.33 Å². The van der Waals surface area contributed by atoms with E-state index in [9.17, 15) is 4.79 Å². The normalized spacial score (nSPS) is 13.9. The first kappa shape index (κ1) is 18.0. The smallest absolute Gasteiger partial charge is 0.191 e. The van der Waals surface area contributed by atoms with Crippen LogP contribution in [0.1, 0.15) is 51.8 Å². The van der Waals surface area contributed by atoms with E-state index < -0.39 is 0 Å². The molecular weight excluding hydrogens is 356 g/mol. The maximum atomic E-state index is 12.9. The van der Waals surface area contributed by atoms with Gasteiger partial charge >= 0.3 is 0 Å². The molecule has 2 aromatic heterocycles. The van der Waals surface area contributed by atoms with Gasteiger partial charge in [-0.25, -0.2) is 0 Å². The van der Waals surface area contributed by atoms with E-state index in [0.29, 0.717) is 11.8 Å². The summed E-state index contributed by atoms with van der Waals surface area (Å²) in [5, 5.41) is 9.02. The summed E-state index contributed by atoms with van der Waals surface area (Å²) in [5.41, 5.74) is 6.48. The molecule has 2 heterocycles. The second kappa shape index (κ2) is 7.00. The van der Waals surface area contributed by atoms with Crippen molar-refractivity contribution >= 4 is 17.5 Å². The second-order valence-electron chi connectivity index (χ2n) is 7.35. The van der Waals surface area contributed by atoms with Crippen LogP contribution in [-0.2, 0) is 0 Å². The predicted molar refractivity (Wildman–Crippen MR) is 108 cm³/mol. The molecule has 0 aliphatic heterocycles. The zero-order valence-electron chi connectivity index (χ0n) is 16.2.